The minimum Gasteiger partial charge on any atom is -0.480 e. The van der Waals surface area contributed by atoms with E-state index in [1.165, 1.54) is 0 Å². The average Bonchev–Trinajstić information content (AvgIpc) is 2.64. The number of ether oxygens (including phenoxy) is 1. The van der Waals surface area contributed by atoms with Crippen LogP contribution in [0.25, 0.3) is 0 Å². The number of hydrogen-bond donors (Lipinski definition) is 2. The van der Waals surface area contributed by atoms with Crippen LogP contribution in [0.4, 0.5) is 0 Å². The first kappa shape index (κ1) is 22.2. The predicted molar refractivity (Wildman–Crippen MR) is 106 cm³/mol. The van der Waals surface area contributed by atoms with Crippen molar-refractivity contribution in [3.05, 3.63) is 34.9 Å². The van der Waals surface area contributed by atoms with Crippen molar-refractivity contribution in [2.45, 2.75) is 50.7 Å². The van der Waals surface area contributed by atoms with Gasteiger partial charge in [-0.1, -0.05) is 35.6 Å². The van der Waals surface area contributed by atoms with E-state index in [4.69, 9.17) is 21.4 Å². The van der Waals surface area contributed by atoms with E-state index in [0.29, 0.717) is 37.3 Å². The number of carbonyl (C=O) groups is 2. The van der Waals surface area contributed by atoms with Gasteiger partial charge in [0.2, 0.25) is 5.91 Å². The number of carbonyl (C=O) groups excluding carboxylic acids is 1. The lowest BCUT2D eigenvalue weighted by atomic mass is 9.94. The molecular weight excluding hydrogens is 382 g/mol. The van der Waals surface area contributed by atoms with Crippen molar-refractivity contribution in [3.63, 3.8) is 0 Å². The Hall–Kier alpha value is -2.07. The fraction of sp³-hybridized carbons (Fsp3) is 0.524. The van der Waals surface area contributed by atoms with E-state index in [0.717, 1.165) is 18.4 Å². The Bertz CT molecular complexity index is 727. The summed E-state index contributed by atoms with van der Waals surface area (Å²) in [6, 6.07) is 7.52. The lowest BCUT2D eigenvalue weighted by Gasteiger charge is -2.35. The molecule has 1 heterocycles. The standard InChI is InChI=1S/C21H26ClNO5/c22-17-6-3-5-16(13-17)14-19(24)10-9-18-7-4-8-20(25)23(18)11-1-2-12-28-15-21(26)27/h3,5-6,13,18-19,24H,4,7-12,14-15H2,(H,26,27)/t18-,19?/m1/s1. The number of rotatable bonds is 9. The van der Waals surface area contributed by atoms with Gasteiger partial charge in [0.1, 0.15) is 13.2 Å². The van der Waals surface area contributed by atoms with Crippen LogP contribution in [0, 0.1) is 11.8 Å². The topological polar surface area (TPSA) is 87.1 Å². The van der Waals surface area contributed by atoms with Crippen molar-refractivity contribution in [1.29, 1.82) is 0 Å². The van der Waals surface area contributed by atoms with Crippen LogP contribution in [-0.4, -0.2) is 58.9 Å². The molecule has 1 saturated heterocycles. The third-order valence-corrected chi connectivity index (χ3v) is 4.89. The predicted octanol–water partition coefficient (Wildman–Crippen LogP) is 2.51. The zero-order valence-corrected chi connectivity index (χ0v) is 16.5. The van der Waals surface area contributed by atoms with Crippen LogP contribution in [0.1, 0.15) is 37.7 Å². The molecule has 1 aromatic rings. The number of hydrogen-bond acceptors (Lipinski definition) is 4. The van der Waals surface area contributed by atoms with Gasteiger partial charge in [-0.05, 0) is 49.8 Å². The maximum Gasteiger partial charge on any atom is 0.329 e. The van der Waals surface area contributed by atoms with E-state index in [-0.39, 0.29) is 25.2 Å². The molecule has 1 aliphatic rings. The van der Waals surface area contributed by atoms with E-state index in [2.05, 4.69) is 11.8 Å². The van der Waals surface area contributed by atoms with Gasteiger partial charge in [-0.25, -0.2) is 4.79 Å². The summed E-state index contributed by atoms with van der Waals surface area (Å²) in [5, 5.41) is 19.5. The van der Waals surface area contributed by atoms with Crippen molar-refractivity contribution < 1.29 is 24.5 Å². The van der Waals surface area contributed by atoms with Crippen molar-refractivity contribution >= 4 is 23.5 Å². The third-order valence-electron chi connectivity index (χ3n) is 4.66. The van der Waals surface area contributed by atoms with Crippen LogP contribution in [0.3, 0.4) is 0 Å². The van der Waals surface area contributed by atoms with Crippen molar-refractivity contribution in [2.24, 2.45) is 0 Å². The summed E-state index contributed by atoms with van der Waals surface area (Å²) in [5.41, 5.74) is 0.990. The van der Waals surface area contributed by atoms with Crippen LogP contribution < -0.4 is 0 Å². The maximum absolute atomic E-state index is 12.3. The highest BCUT2D eigenvalue weighted by atomic mass is 35.5. The molecule has 0 aliphatic carbocycles. The van der Waals surface area contributed by atoms with E-state index < -0.39 is 12.1 Å². The first-order valence-electron chi connectivity index (χ1n) is 9.43. The van der Waals surface area contributed by atoms with Gasteiger partial charge in [0.05, 0.1) is 12.6 Å². The number of amides is 1. The number of aliphatic carboxylic acids is 1. The summed E-state index contributed by atoms with van der Waals surface area (Å²) in [6.07, 6.45) is 3.60. The van der Waals surface area contributed by atoms with Gasteiger partial charge in [0, 0.05) is 17.5 Å². The summed E-state index contributed by atoms with van der Waals surface area (Å²) in [6.45, 7) is -0.0634. The zero-order valence-electron chi connectivity index (χ0n) is 15.8. The molecule has 0 bridgehead atoms. The lowest BCUT2D eigenvalue weighted by Crippen LogP contribution is -2.44. The van der Waals surface area contributed by atoms with E-state index in [1.54, 1.807) is 11.0 Å². The van der Waals surface area contributed by atoms with Gasteiger partial charge in [-0.2, -0.15) is 0 Å². The summed E-state index contributed by atoms with van der Waals surface area (Å²) >= 11 is 5.98. The molecule has 2 atom stereocenters. The van der Waals surface area contributed by atoms with Crippen LogP contribution in [0.2, 0.25) is 5.02 Å². The second kappa shape index (κ2) is 11.7. The fourth-order valence-corrected chi connectivity index (χ4v) is 3.53. The number of carboxylic acid groups (broad SMARTS) is 1. The molecular formula is C21H26ClNO5. The highest BCUT2D eigenvalue weighted by Crippen LogP contribution is 2.23. The molecule has 152 valence electrons. The molecule has 1 fully saturated rings. The smallest absolute Gasteiger partial charge is 0.329 e. The molecule has 28 heavy (non-hydrogen) atoms. The zero-order chi connectivity index (χ0) is 20.4. The van der Waals surface area contributed by atoms with Gasteiger partial charge in [-0.15, -0.1) is 0 Å². The Labute approximate surface area is 170 Å². The molecule has 0 aromatic heterocycles. The van der Waals surface area contributed by atoms with Crippen molar-refractivity contribution in [1.82, 2.24) is 4.90 Å². The maximum atomic E-state index is 12.3. The largest absolute Gasteiger partial charge is 0.480 e. The molecule has 0 radical (unpaired) electrons. The monoisotopic (exact) mass is 407 g/mol. The van der Waals surface area contributed by atoms with Crippen molar-refractivity contribution in [2.75, 3.05) is 19.8 Å². The Morgan fingerprint density at radius 1 is 1.39 bits per heavy atom. The first-order valence-corrected chi connectivity index (χ1v) is 9.80. The van der Waals surface area contributed by atoms with E-state index in [9.17, 15) is 14.7 Å². The lowest BCUT2D eigenvalue weighted by molar-refractivity contribution is -0.141. The molecule has 2 N–H and O–H groups in total. The Balaban J connectivity index is 1.81. The van der Waals surface area contributed by atoms with E-state index >= 15 is 0 Å². The third kappa shape index (κ3) is 7.89. The summed E-state index contributed by atoms with van der Waals surface area (Å²) in [5.74, 6) is 4.66. The number of piperidine rings is 1. The van der Waals surface area contributed by atoms with Crippen LogP contribution >= 0.6 is 11.6 Å². The van der Waals surface area contributed by atoms with Gasteiger partial charge in [-0.3, -0.25) is 4.79 Å². The van der Waals surface area contributed by atoms with Gasteiger partial charge in [0.25, 0.3) is 0 Å². The second-order valence-electron chi connectivity index (χ2n) is 6.87. The Kier molecular flexibility index (Phi) is 9.29. The number of aliphatic hydroxyl groups is 1. The molecule has 0 saturated carbocycles. The van der Waals surface area contributed by atoms with Crippen molar-refractivity contribution in [3.8, 4) is 11.8 Å². The normalized spacial score (nSPS) is 17.7. The number of likely N-dealkylation sites (tertiary alicyclic amines) is 1. The highest BCUT2D eigenvalue weighted by Gasteiger charge is 2.27. The summed E-state index contributed by atoms with van der Waals surface area (Å²) in [7, 11) is 0. The van der Waals surface area contributed by atoms with Gasteiger partial charge in [0.15, 0.2) is 0 Å². The van der Waals surface area contributed by atoms with E-state index in [1.807, 2.05) is 18.2 Å². The fourth-order valence-electron chi connectivity index (χ4n) is 3.31. The molecule has 7 heteroatoms. The molecule has 6 nitrogen and oxygen atoms in total. The van der Waals surface area contributed by atoms with Gasteiger partial charge >= 0.3 is 5.97 Å². The van der Waals surface area contributed by atoms with Crippen LogP contribution in [0.5, 0.6) is 0 Å². The molecule has 1 amide bonds. The molecule has 1 aromatic carbocycles. The number of halogens is 1. The Morgan fingerprint density at radius 3 is 2.96 bits per heavy atom. The van der Waals surface area contributed by atoms with Crippen LogP contribution in [0.15, 0.2) is 24.3 Å². The SMILES string of the molecule is O=C(O)COCC#CCN1C(=O)CCC[C@@H]1CCC(O)Cc1cccc(Cl)c1. The minimum atomic E-state index is -1.04. The summed E-state index contributed by atoms with van der Waals surface area (Å²) in [4.78, 5) is 24.4. The molecule has 0 spiro atoms. The average molecular weight is 408 g/mol. The summed E-state index contributed by atoms with van der Waals surface area (Å²) < 4.78 is 4.86. The number of carboxylic acids is 1. The van der Waals surface area contributed by atoms with Gasteiger partial charge < -0.3 is 19.8 Å². The minimum absolute atomic E-state index is 0.0251. The number of benzene rings is 1. The first-order chi connectivity index (χ1) is 13.5. The molecule has 1 aliphatic heterocycles. The molecule has 1 unspecified atom stereocenters. The highest BCUT2D eigenvalue weighted by molar-refractivity contribution is 6.30. The quantitative estimate of drug-likeness (QED) is 0.485. The number of nitrogens with zero attached hydrogens (tertiary/aromatic N) is 1. The second-order valence-corrected chi connectivity index (χ2v) is 7.31. The Morgan fingerprint density at radius 2 is 2.21 bits per heavy atom. The number of aliphatic hydroxyl groups excluding tert-OH is 1. The molecule has 2 rings (SSSR count). The van der Waals surface area contributed by atoms with Crippen LogP contribution in [-0.2, 0) is 20.7 Å².